The zero-order valence-electron chi connectivity index (χ0n) is 14.3. The molecule has 1 aliphatic heterocycles. The van der Waals surface area contributed by atoms with Crippen LogP contribution in [0.1, 0.15) is 51.2 Å². The van der Waals surface area contributed by atoms with Gasteiger partial charge in [0, 0.05) is 25.3 Å². The van der Waals surface area contributed by atoms with Gasteiger partial charge in [-0.1, -0.05) is 38.5 Å². The average molecular weight is 288 g/mol. The van der Waals surface area contributed by atoms with Gasteiger partial charge in [0.05, 0.1) is 0 Å². The van der Waals surface area contributed by atoms with Crippen molar-refractivity contribution < 1.29 is 0 Å². The molecule has 1 atom stereocenters. The quantitative estimate of drug-likeness (QED) is 0.865. The van der Waals surface area contributed by atoms with Crippen molar-refractivity contribution in [2.75, 3.05) is 24.5 Å². The Balaban J connectivity index is 2.13. The zero-order valence-corrected chi connectivity index (χ0v) is 14.3. The second kappa shape index (κ2) is 7.84. The van der Waals surface area contributed by atoms with Gasteiger partial charge < -0.3 is 10.2 Å². The maximum atomic E-state index is 3.49. The topological polar surface area (TPSA) is 15.3 Å². The molecule has 118 valence electrons. The molecule has 21 heavy (non-hydrogen) atoms. The summed E-state index contributed by atoms with van der Waals surface area (Å²) in [7, 11) is 0. The molecule has 1 heterocycles. The van der Waals surface area contributed by atoms with E-state index >= 15 is 0 Å². The third-order valence-electron chi connectivity index (χ3n) is 4.86. The molecule has 0 saturated carbocycles. The zero-order chi connectivity index (χ0) is 15.2. The van der Waals surface area contributed by atoms with Gasteiger partial charge in [0.2, 0.25) is 0 Å². The molecule has 0 aliphatic carbocycles. The summed E-state index contributed by atoms with van der Waals surface area (Å²) >= 11 is 0. The van der Waals surface area contributed by atoms with Gasteiger partial charge in [0.1, 0.15) is 0 Å². The Morgan fingerprint density at radius 2 is 2.05 bits per heavy atom. The fourth-order valence-electron chi connectivity index (χ4n) is 3.45. The van der Waals surface area contributed by atoms with Crippen LogP contribution in [0.15, 0.2) is 18.2 Å². The molecule has 0 aromatic heterocycles. The maximum absolute atomic E-state index is 3.49. The molecule has 2 nitrogen and oxygen atoms in total. The van der Waals surface area contributed by atoms with Crippen molar-refractivity contribution >= 4 is 5.69 Å². The summed E-state index contributed by atoms with van der Waals surface area (Å²) in [5, 5.41) is 3.49. The van der Waals surface area contributed by atoms with Gasteiger partial charge in [0.25, 0.3) is 0 Å². The van der Waals surface area contributed by atoms with Crippen molar-refractivity contribution in [1.82, 2.24) is 5.32 Å². The molecular weight excluding hydrogens is 256 g/mol. The number of nitrogens with zero attached hydrogens (tertiary/aromatic N) is 1. The SMILES string of the molecule is CCNCc1cc(C)ccc1N1CCCC(C(C)C)CC1. The molecule has 1 unspecified atom stereocenters. The van der Waals surface area contributed by atoms with E-state index in [2.05, 4.69) is 56.1 Å². The molecule has 0 bridgehead atoms. The van der Waals surface area contributed by atoms with Gasteiger partial charge in [-0.05, 0) is 56.2 Å². The minimum Gasteiger partial charge on any atom is -0.371 e. The van der Waals surface area contributed by atoms with E-state index in [0.717, 1.165) is 24.9 Å². The number of anilines is 1. The second-order valence-corrected chi connectivity index (χ2v) is 6.83. The second-order valence-electron chi connectivity index (χ2n) is 6.83. The summed E-state index contributed by atoms with van der Waals surface area (Å²) in [6.45, 7) is 13.6. The first-order chi connectivity index (χ1) is 10.1. The van der Waals surface area contributed by atoms with E-state index in [1.165, 1.54) is 49.2 Å². The fraction of sp³-hybridized carbons (Fsp3) is 0.684. The Labute approximate surface area is 130 Å². The van der Waals surface area contributed by atoms with Crippen LogP contribution in [0.25, 0.3) is 0 Å². The average Bonchev–Trinajstić information content (AvgIpc) is 2.71. The largest absolute Gasteiger partial charge is 0.371 e. The van der Waals surface area contributed by atoms with Crippen LogP contribution < -0.4 is 10.2 Å². The van der Waals surface area contributed by atoms with Crippen molar-refractivity contribution in [1.29, 1.82) is 0 Å². The molecule has 0 spiro atoms. The van der Waals surface area contributed by atoms with Gasteiger partial charge in [-0.15, -0.1) is 0 Å². The Morgan fingerprint density at radius 3 is 2.76 bits per heavy atom. The number of aryl methyl sites for hydroxylation is 1. The number of rotatable bonds is 5. The number of benzene rings is 1. The predicted molar refractivity (Wildman–Crippen MR) is 93.0 cm³/mol. The Bertz CT molecular complexity index is 439. The molecule has 1 fully saturated rings. The van der Waals surface area contributed by atoms with Crippen molar-refractivity contribution in [3.8, 4) is 0 Å². The lowest BCUT2D eigenvalue weighted by molar-refractivity contribution is 0.351. The summed E-state index contributed by atoms with van der Waals surface area (Å²) in [6, 6.07) is 6.94. The third kappa shape index (κ3) is 4.47. The summed E-state index contributed by atoms with van der Waals surface area (Å²) in [5.74, 6) is 1.72. The van der Waals surface area contributed by atoms with Crippen molar-refractivity contribution in [3.05, 3.63) is 29.3 Å². The first kappa shape index (κ1) is 16.4. The van der Waals surface area contributed by atoms with Crippen molar-refractivity contribution in [3.63, 3.8) is 0 Å². The van der Waals surface area contributed by atoms with Gasteiger partial charge in [-0.25, -0.2) is 0 Å². The number of nitrogens with one attached hydrogen (secondary N) is 1. The summed E-state index contributed by atoms with van der Waals surface area (Å²) in [6.07, 6.45) is 4.06. The van der Waals surface area contributed by atoms with Crippen molar-refractivity contribution in [2.24, 2.45) is 11.8 Å². The molecule has 1 aliphatic rings. The van der Waals surface area contributed by atoms with Gasteiger partial charge in [0.15, 0.2) is 0 Å². The molecule has 2 rings (SSSR count). The smallest absolute Gasteiger partial charge is 0.0412 e. The van der Waals surface area contributed by atoms with E-state index in [1.807, 2.05) is 0 Å². The van der Waals surface area contributed by atoms with Crippen LogP contribution in [0, 0.1) is 18.8 Å². The number of hydrogen-bond acceptors (Lipinski definition) is 2. The van der Waals surface area contributed by atoms with E-state index in [0.29, 0.717) is 0 Å². The van der Waals surface area contributed by atoms with Crippen LogP contribution in [-0.2, 0) is 6.54 Å². The molecule has 1 aromatic carbocycles. The lowest BCUT2D eigenvalue weighted by atomic mass is 9.89. The molecule has 1 N–H and O–H groups in total. The first-order valence-electron chi connectivity index (χ1n) is 8.67. The maximum Gasteiger partial charge on any atom is 0.0412 e. The molecular formula is C19H32N2. The Hall–Kier alpha value is -1.02. The van der Waals surface area contributed by atoms with E-state index in [9.17, 15) is 0 Å². The summed E-state index contributed by atoms with van der Waals surface area (Å²) in [4.78, 5) is 2.62. The molecule has 2 heteroatoms. The minimum absolute atomic E-state index is 0.823. The highest BCUT2D eigenvalue weighted by Gasteiger charge is 2.20. The molecule has 0 amide bonds. The molecule has 1 saturated heterocycles. The minimum atomic E-state index is 0.823. The van der Waals surface area contributed by atoms with Crippen LogP contribution in [0.3, 0.4) is 0 Å². The lowest BCUT2D eigenvalue weighted by Gasteiger charge is -2.26. The van der Waals surface area contributed by atoms with E-state index in [4.69, 9.17) is 0 Å². The van der Waals surface area contributed by atoms with Crippen LogP contribution >= 0.6 is 0 Å². The van der Waals surface area contributed by atoms with Crippen molar-refractivity contribution in [2.45, 2.75) is 53.5 Å². The number of hydrogen-bond donors (Lipinski definition) is 1. The lowest BCUT2D eigenvalue weighted by Crippen LogP contribution is -2.26. The summed E-state index contributed by atoms with van der Waals surface area (Å²) < 4.78 is 0. The standard InChI is InChI=1S/C19H32N2/c1-5-20-14-18-13-16(4)8-9-19(18)21-11-6-7-17(10-12-21)15(2)3/h8-9,13,15,17,20H,5-7,10-12,14H2,1-4H3. The van der Waals surface area contributed by atoms with Gasteiger partial charge in [-0.2, -0.15) is 0 Å². The third-order valence-corrected chi connectivity index (χ3v) is 4.86. The van der Waals surface area contributed by atoms with Crippen LogP contribution in [0.2, 0.25) is 0 Å². The fourth-order valence-corrected chi connectivity index (χ4v) is 3.45. The van der Waals surface area contributed by atoms with Gasteiger partial charge >= 0.3 is 0 Å². The van der Waals surface area contributed by atoms with E-state index in [-0.39, 0.29) is 0 Å². The Morgan fingerprint density at radius 1 is 1.24 bits per heavy atom. The predicted octanol–water partition coefficient (Wildman–Crippen LogP) is 4.37. The highest BCUT2D eigenvalue weighted by molar-refractivity contribution is 5.55. The molecule has 1 aromatic rings. The summed E-state index contributed by atoms with van der Waals surface area (Å²) in [5.41, 5.74) is 4.27. The highest BCUT2D eigenvalue weighted by Crippen LogP contribution is 2.29. The Kier molecular flexibility index (Phi) is 6.10. The highest BCUT2D eigenvalue weighted by atomic mass is 15.1. The monoisotopic (exact) mass is 288 g/mol. The first-order valence-corrected chi connectivity index (χ1v) is 8.67. The van der Waals surface area contributed by atoms with E-state index < -0.39 is 0 Å². The van der Waals surface area contributed by atoms with E-state index in [1.54, 1.807) is 0 Å². The van der Waals surface area contributed by atoms with Crippen LogP contribution in [0.5, 0.6) is 0 Å². The van der Waals surface area contributed by atoms with Crippen LogP contribution in [0.4, 0.5) is 5.69 Å². The van der Waals surface area contributed by atoms with Gasteiger partial charge in [-0.3, -0.25) is 0 Å². The molecule has 0 radical (unpaired) electrons. The van der Waals surface area contributed by atoms with Crippen LogP contribution in [-0.4, -0.2) is 19.6 Å². The normalized spacial score (nSPS) is 19.9.